The monoisotopic (exact) mass is 352 g/mol. The van der Waals surface area contributed by atoms with Crippen molar-refractivity contribution < 1.29 is 14.6 Å². The second kappa shape index (κ2) is 6.76. The Morgan fingerprint density at radius 2 is 2.04 bits per heavy atom. The van der Waals surface area contributed by atoms with Gasteiger partial charge in [-0.15, -0.1) is 5.10 Å². The summed E-state index contributed by atoms with van der Waals surface area (Å²) >= 11 is 0. The summed E-state index contributed by atoms with van der Waals surface area (Å²) in [6, 6.07) is 9.21. The van der Waals surface area contributed by atoms with Gasteiger partial charge in [-0.25, -0.2) is 14.3 Å². The molecule has 0 radical (unpaired) electrons. The number of aryl methyl sites for hydroxylation is 1. The van der Waals surface area contributed by atoms with Crippen molar-refractivity contribution in [1.82, 2.24) is 14.6 Å². The smallest absolute Gasteiger partial charge is 0.354 e. The second-order valence-corrected chi connectivity index (χ2v) is 6.43. The molecule has 0 unspecified atom stereocenters. The van der Waals surface area contributed by atoms with Crippen LogP contribution in [0.25, 0.3) is 5.52 Å². The lowest BCUT2D eigenvalue weighted by atomic mass is 10.1. The van der Waals surface area contributed by atoms with Crippen LogP contribution in [0.3, 0.4) is 0 Å². The zero-order valence-electron chi connectivity index (χ0n) is 14.6. The van der Waals surface area contributed by atoms with E-state index in [2.05, 4.69) is 22.0 Å². The zero-order valence-corrected chi connectivity index (χ0v) is 14.6. The molecular formula is C19H20N4O3. The van der Waals surface area contributed by atoms with Gasteiger partial charge in [0, 0.05) is 37.0 Å². The molecule has 0 aliphatic carbocycles. The van der Waals surface area contributed by atoms with E-state index in [1.165, 1.54) is 6.07 Å². The third-order valence-electron chi connectivity index (χ3n) is 4.55. The van der Waals surface area contributed by atoms with Gasteiger partial charge in [0.1, 0.15) is 5.69 Å². The molecule has 1 N–H and O–H groups in total. The van der Waals surface area contributed by atoms with Crippen molar-refractivity contribution >= 4 is 17.3 Å². The average molecular weight is 352 g/mol. The number of hydrogen-bond acceptors (Lipinski definition) is 5. The molecule has 0 amide bonds. The van der Waals surface area contributed by atoms with Gasteiger partial charge in [0.15, 0.2) is 5.82 Å². The summed E-state index contributed by atoms with van der Waals surface area (Å²) < 4.78 is 7.36. The molecule has 0 saturated carbocycles. The number of nitrogens with zero attached hydrogens (tertiary/aromatic N) is 4. The molecule has 0 bridgehead atoms. The number of rotatable bonds is 4. The van der Waals surface area contributed by atoms with Crippen LogP contribution in [0, 0.1) is 6.92 Å². The number of carbonyl (C=O) groups is 1. The highest BCUT2D eigenvalue weighted by molar-refractivity contribution is 5.85. The van der Waals surface area contributed by atoms with Crippen LogP contribution >= 0.6 is 0 Å². The summed E-state index contributed by atoms with van der Waals surface area (Å²) in [5.74, 6) is -0.0998. The molecule has 134 valence electrons. The first-order valence-electron chi connectivity index (χ1n) is 8.61. The van der Waals surface area contributed by atoms with Crippen molar-refractivity contribution in [3.8, 4) is 0 Å². The zero-order chi connectivity index (χ0) is 18.1. The molecule has 7 heteroatoms. The van der Waals surface area contributed by atoms with Gasteiger partial charge in [-0.3, -0.25) is 0 Å². The van der Waals surface area contributed by atoms with Crippen molar-refractivity contribution in [1.29, 1.82) is 0 Å². The number of carboxylic acids is 1. The Kier molecular flexibility index (Phi) is 4.30. The van der Waals surface area contributed by atoms with E-state index in [1.807, 2.05) is 23.7 Å². The van der Waals surface area contributed by atoms with Crippen molar-refractivity contribution in [2.75, 3.05) is 31.2 Å². The highest BCUT2D eigenvalue weighted by Crippen LogP contribution is 2.27. The van der Waals surface area contributed by atoms with E-state index in [0.29, 0.717) is 19.6 Å². The number of fused-ring (bicyclic) bond motifs is 1. The predicted molar refractivity (Wildman–Crippen MR) is 97.0 cm³/mol. The molecule has 1 aliphatic heterocycles. The van der Waals surface area contributed by atoms with E-state index < -0.39 is 5.97 Å². The maximum Gasteiger partial charge on any atom is 0.354 e. The molecule has 26 heavy (non-hydrogen) atoms. The van der Waals surface area contributed by atoms with Gasteiger partial charge >= 0.3 is 5.97 Å². The van der Waals surface area contributed by atoms with Crippen LogP contribution in [0.2, 0.25) is 0 Å². The molecule has 0 aromatic carbocycles. The lowest BCUT2D eigenvalue weighted by Crippen LogP contribution is -2.37. The minimum Gasteiger partial charge on any atom is -0.477 e. The van der Waals surface area contributed by atoms with Gasteiger partial charge in [-0.05, 0) is 30.7 Å². The van der Waals surface area contributed by atoms with Crippen LogP contribution in [-0.2, 0) is 11.2 Å². The van der Waals surface area contributed by atoms with Crippen LogP contribution in [0.4, 0.5) is 5.82 Å². The largest absolute Gasteiger partial charge is 0.477 e. The van der Waals surface area contributed by atoms with E-state index in [9.17, 15) is 9.90 Å². The number of ether oxygens (including phenoxy) is 1. The van der Waals surface area contributed by atoms with Crippen LogP contribution in [0.1, 0.15) is 27.3 Å². The number of aromatic nitrogens is 3. The van der Waals surface area contributed by atoms with E-state index in [4.69, 9.17) is 9.84 Å². The number of anilines is 1. The Hall–Kier alpha value is -2.93. The van der Waals surface area contributed by atoms with Crippen LogP contribution in [-0.4, -0.2) is 52.0 Å². The van der Waals surface area contributed by atoms with Crippen LogP contribution < -0.4 is 4.90 Å². The van der Waals surface area contributed by atoms with Crippen molar-refractivity contribution in [3.05, 3.63) is 59.0 Å². The number of carboxylic acid groups (broad SMARTS) is 1. The first kappa shape index (κ1) is 16.5. The van der Waals surface area contributed by atoms with E-state index >= 15 is 0 Å². The van der Waals surface area contributed by atoms with E-state index in [-0.39, 0.29) is 5.69 Å². The van der Waals surface area contributed by atoms with E-state index in [0.717, 1.165) is 41.2 Å². The van der Waals surface area contributed by atoms with Crippen molar-refractivity contribution in [2.45, 2.75) is 13.3 Å². The van der Waals surface area contributed by atoms with Gasteiger partial charge in [-0.2, -0.15) is 0 Å². The van der Waals surface area contributed by atoms with E-state index in [1.54, 1.807) is 6.07 Å². The lowest BCUT2D eigenvalue weighted by Gasteiger charge is -2.27. The van der Waals surface area contributed by atoms with Crippen molar-refractivity contribution in [2.24, 2.45) is 0 Å². The molecule has 4 rings (SSSR count). The SMILES string of the molecule is Cc1ccc2c(Cc3cccc(C(=O)O)n3)c(N3CCOCC3)nn2c1. The Bertz CT molecular complexity index is 961. The molecular weight excluding hydrogens is 332 g/mol. The number of hydrogen-bond donors (Lipinski definition) is 1. The molecule has 1 aliphatic rings. The summed E-state index contributed by atoms with van der Waals surface area (Å²) in [5, 5.41) is 14.0. The lowest BCUT2D eigenvalue weighted by molar-refractivity contribution is 0.0690. The standard InChI is InChI=1S/C19H20N4O3/c1-13-5-6-17-15(11-14-3-2-4-16(20-14)19(24)25)18(21-23(17)12-13)22-7-9-26-10-8-22/h2-6,12H,7-11H2,1H3,(H,24,25). The molecule has 1 fully saturated rings. The molecule has 3 aromatic rings. The highest BCUT2D eigenvalue weighted by Gasteiger charge is 2.21. The molecule has 0 atom stereocenters. The maximum atomic E-state index is 11.2. The fraction of sp³-hybridized carbons (Fsp3) is 0.316. The summed E-state index contributed by atoms with van der Waals surface area (Å²) in [6.07, 6.45) is 2.53. The molecule has 1 saturated heterocycles. The normalized spacial score (nSPS) is 14.7. The summed E-state index contributed by atoms with van der Waals surface area (Å²) in [6.45, 7) is 4.97. The topological polar surface area (TPSA) is 80.0 Å². The summed E-state index contributed by atoms with van der Waals surface area (Å²) in [5.41, 5.74) is 3.98. The minimum atomic E-state index is -1.02. The fourth-order valence-corrected chi connectivity index (χ4v) is 3.27. The minimum absolute atomic E-state index is 0.0581. The number of pyridine rings is 2. The Labute approximate surface area is 150 Å². The quantitative estimate of drug-likeness (QED) is 0.775. The Morgan fingerprint density at radius 1 is 1.23 bits per heavy atom. The van der Waals surface area contributed by atoms with Gasteiger partial charge in [0.25, 0.3) is 0 Å². The van der Waals surface area contributed by atoms with Crippen LogP contribution in [0.15, 0.2) is 36.5 Å². The molecule has 3 aromatic heterocycles. The van der Waals surface area contributed by atoms with Crippen LogP contribution in [0.5, 0.6) is 0 Å². The number of morpholine rings is 1. The van der Waals surface area contributed by atoms with Crippen molar-refractivity contribution in [3.63, 3.8) is 0 Å². The molecule has 0 spiro atoms. The number of aromatic carboxylic acids is 1. The fourth-order valence-electron chi connectivity index (χ4n) is 3.27. The molecule has 7 nitrogen and oxygen atoms in total. The maximum absolute atomic E-state index is 11.2. The summed E-state index contributed by atoms with van der Waals surface area (Å²) in [4.78, 5) is 17.7. The second-order valence-electron chi connectivity index (χ2n) is 6.43. The average Bonchev–Trinajstić information content (AvgIpc) is 3.00. The Morgan fingerprint density at radius 3 is 2.81 bits per heavy atom. The van der Waals surface area contributed by atoms with Gasteiger partial charge < -0.3 is 14.7 Å². The Balaban J connectivity index is 1.79. The predicted octanol–water partition coefficient (Wildman–Crippen LogP) is 2.16. The first-order valence-corrected chi connectivity index (χ1v) is 8.61. The summed E-state index contributed by atoms with van der Waals surface area (Å²) in [7, 11) is 0. The third kappa shape index (κ3) is 3.13. The molecule has 4 heterocycles. The highest BCUT2D eigenvalue weighted by atomic mass is 16.5. The van der Waals surface area contributed by atoms with Gasteiger partial charge in [0.2, 0.25) is 0 Å². The van der Waals surface area contributed by atoms with Gasteiger partial charge in [0.05, 0.1) is 18.7 Å². The first-order chi connectivity index (χ1) is 12.6. The third-order valence-corrected chi connectivity index (χ3v) is 4.55. The van der Waals surface area contributed by atoms with Gasteiger partial charge in [-0.1, -0.05) is 12.1 Å².